The smallest absolute Gasteiger partial charge is 0.119 e. The molecule has 0 atom stereocenters. The highest BCUT2D eigenvalue weighted by atomic mass is 32.2. The van der Waals surface area contributed by atoms with Crippen LogP contribution in [0.1, 0.15) is 6.42 Å². The predicted octanol–water partition coefficient (Wildman–Crippen LogP) is 3.11. The first-order valence-corrected chi connectivity index (χ1v) is 6.10. The first-order valence-electron chi connectivity index (χ1n) is 4.24. The van der Waals surface area contributed by atoms with E-state index < -0.39 is 0 Å². The summed E-state index contributed by atoms with van der Waals surface area (Å²) < 4.78 is 5.49. The molecule has 0 fully saturated rings. The zero-order chi connectivity index (χ0) is 9.52. The van der Waals surface area contributed by atoms with E-state index in [1.165, 1.54) is 4.90 Å². The molecule has 0 saturated carbocycles. The van der Waals surface area contributed by atoms with E-state index in [9.17, 15) is 0 Å². The molecule has 0 aliphatic carbocycles. The minimum absolute atomic E-state index is 0.752. The van der Waals surface area contributed by atoms with Gasteiger partial charge in [0, 0.05) is 4.90 Å². The lowest BCUT2D eigenvalue weighted by Gasteiger charge is -2.04. The molecule has 0 heterocycles. The highest BCUT2D eigenvalue weighted by molar-refractivity contribution is 7.98. The van der Waals surface area contributed by atoms with Gasteiger partial charge in [-0.25, -0.2) is 0 Å². The number of benzene rings is 1. The number of hydrogen-bond donors (Lipinski definition) is 1. The summed E-state index contributed by atoms with van der Waals surface area (Å²) in [6, 6.07) is 8.15. The van der Waals surface area contributed by atoms with Crippen LogP contribution in [0.15, 0.2) is 29.2 Å². The summed E-state index contributed by atoms with van der Waals surface area (Å²) in [5.41, 5.74) is 0. The van der Waals surface area contributed by atoms with E-state index in [1.54, 1.807) is 11.8 Å². The van der Waals surface area contributed by atoms with E-state index in [0.29, 0.717) is 0 Å². The topological polar surface area (TPSA) is 9.23 Å². The Kier molecular flexibility index (Phi) is 5.16. The van der Waals surface area contributed by atoms with Crippen LogP contribution < -0.4 is 4.74 Å². The first kappa shape index (κ1) is 10.8. The minimum Gasteiger partial charge on any atom is -0.494 e. The van der Waals surface area contributed by atoms with Crippen molar-refractivity contribution in [3.63, 3.8) is 0 Å². The second-order valence-corrected chi connectivity index (χ2v) is 3.93. The van der Waals surface area contributed by atoms with Crippen molar-refractivity contribution in [1.29, 1.82) is 0 Å². The molecule has 0 aliphatic heterocycles. The number of rotatable bonds is 5. The van der Waals surface area contributed by atoms with Gasteiger partial charge in [0.1, 0.15) is 5.75 Å². The Morgan fingerprint density at radius 2 is 2.00 bits per heavy atom. The number of thiol groups is 1. The molecule has 1 nitrogen and oxygen atoms in total. The van der Waals surface area contributed by atoms with Crippen molar-refractivity contribution in [3.8, 4) is 5.75 Å². The molecule has 72 valence electrons. The summed E-state index contributed by atoms with van der Waals surface area (Å²) in [5, 5.41) is 0. The molecule has 0 amide bonds. The average Bonchev–Trinajstić information content (AvgIpc) is 2.19. The van der Waals surface area contributed by atoms with Crippen LogP contribution in [0, 0.1) is 0 Å². The van der Waals surface area contributed by atoms with Gasteiger partial charge < -0.3 is 4.74 Å². The van der Waals surface area contributed by atoms with Crippen molar-refractivity contribution in [3.05, 3.63) is 24.3 Å². The van der Waals surface area contributed by atoms with Crippen molar-refractivity contribution in [1.82, 2.24) is 0 Å². The normalized spacial score (nSPS) is 10.0. The molecule has 1 aromatic rings. The van der Waals surface area contributed by atoms with Gasteiger partial charge >= 0.3 is 0 Å². The maximum absolute atomic E-state index is 5.49. The Morgan fingerprint density at radius 3 is 2.54 bits per heavy atom. The molecule has 0 bridgehead atoms. The Labute approximate surface area is 89.3 Å². The Bertz CT molecular complexity index is 233. The van der Waals surface area contributed by atoms with Crippen LogP contribution in [0.5, 0.6) is 5.75 Å². The maximum Gasteiger partial charge on any atom is 0.119 e. The second kappa shape index (κ2) is 6.22. The van der Waals surface area contributed by atoms with Crippen molar-refractivity contribution in [2.75, 3.05) is 18.6 Å². The highest BCUT2D eigenvalue weighted by Crippen LogP contribution is 2.18. The van der Waals surface area contributed by atoms with Gasteiger partial charge in [-0.1, -0.05) is 0 Å². The van der Waals surface area contributed by atoms with Gasteiger partial charge in [0.15, 0.2) is 0 Å². The summed E-state index contributed by atoms with van der Waals surface area (Å²) in [5.74, 6) is 1.82. The van der Waals surface area contributed by atoms with E-state index in [2.05, 4.69) is 31.0 Å². The third-order valence-electron chi connectivity index (χ3n) is 1.63. The van der Waals surface area contributed by atoms with E-state index >= 15 is 0 Å². The Hall–Kier alpha value is -0.280. The summed E-state index contributed by atoms with van der Waals surface area (Å²) >= 11 is 5.85. The van der Waals surface area contributed by atoms with Crippen LogP contribution in [0.4, 0.5) is 0 Å². The van der Waals surface area contributed by atoms with Gasteiger partial charge in [0.2, 0.25) is 0 Å². The molecule has 3 heteroatoms. The van der Waals surface area contributed by atoms with E-state index in [-0.39, 0.29) is 0 Å². The van der Waals surface area contributed by atoms with Crippen molar-refractivity contribution < 1.29 is 4.74 Å². The number of hydrogen-bond acceptors (Lipinski definition) is 3. The molecule has 0 unspecified atom stereocenters. The average molecular weight is 214 g/mol. The molecule has 0 aliphatic rings. The molecule has 1 aromatic carbocycles. The van der Waals surface area contributed by atoms with Gasteiger partial charge in [-0.15, -0.1) is 11.8 Å². The quantitative estimate of drug-likeness (QED) is 0.458. The van der Waals surface area contributed by atoms with Crippen molar-refractivity contribution in [2.45, 2.75) is 11.3 Å². The van der Waals surface area contributed by atoms with Crippen LogP contribution in [0.3, 0.4) is 0 Å². The second-order valence-electron chi connectivity index (χ2n) is 2.60. The monoisotopic (exact) mass is 214 g/mol. The SMILES string of the molecule is CSc1ccc(OCCCS)cc1. The largest absolute Gasteiger partial charge is 0.494 e. The molecular weight excluding hydrogens is 200 g/mol. The standard InChI is InChI=1S/C10H14OS2/c1-13-10-5-3-9(4-6-10)11-7-2-8-12/h3-6,12H,2,7-8H2,1H3. The van der Waals surface area contributed by atoms with Crippen LogP contribution >= 0.6 is 24.4 Å². The zero-order valence-corrected chi connectivity index (χ0v) is 9.41. The fourth-order valence-electron chi connectivity index (χ4n) is 0.927. The van der Waals surface area contributed by atoms with Gasteiger partial charge in [0.05, 0.1) is 6.61 Å². The summed E-state index contributed by atoms with van der Waals surface area (Å²) in [4.78, 5) is 1.27. The summed E-state index contributed by atoms with van der Waals surface area (Å²) in [6.45, 7) is 0.752. The minimum atomic E-state index is 0.752. The van der Waals surface area contributed by atoms with E-state index in [4.69, 9.17) is 4.74 Å². The van der Waals surface area contributed by atoms with E-state index in [0.717, 1.165) is 24.5 Å². The maximum atomic E-state index is 5.49. The third kappa shape index (κ3) is 3.96. The molecule has 0 saturated heterocycles. The van der Waals surface area contributed by atoms with Crippen LogP contribution in [-0.4, -0.2) is 18.6 Å². The fourth-order valence-corrected chi connectivity index (χ4v) is 1.46. The lowest BCUT2D eigenvalue weighted by molar-refractivity contribution is 0.318. The molecule has 0 aromatic heterocycles. The number of ether oxygens (including phenoxy) is 1. The van der Waals surface area contributed by atoms with Gasteiger partial charge in [-0.05, 0) is 42.7 Å². The van der Waals surface area contributed by atoms with Gasteiger partial charge in [-0.3, -0.25) is 0 Å². The molecule has 0 radical (unpaired) electrons. The van der Waals surface area contributed by atoms with Crippen LogP contribution in [0.2, 0.25) is 0 Å². The van der Waals surface area contributed by atoms with Crippen LogP contribution in [-0.2, 0) is 0 Å². The summed E-state index contributed by atoms with van der Waals surface area (Å²) in [6.07, 6.45) is 3.06. The van der Waals surface area contributed by atoms with Crippen molar-refractivity contribution >= 4 is 24.4 Å². The Morgan fingerprint density at radius 1 is 1.31 bits per heavy atom. The van der Waals surface area contributed by atoms with E-state index in [1.807, 2.05) is 12.1 Å². The predicted molar refractivity (Wildman–Crippen MR) is 62.2 cm³/mol. The molecular formula is C10H14OS2. The van der Waals surface area contributed by atoms with Gasteiger partial charge in [0.25, 0.3) is 0 Å². The number of thioether (sulfide) groups is 1. The summed E-state index contributed by atoms with van der Waals surface area (Å²) in [7, 11) is 0. The fraction of sp³-hybridized carbons (Fsp3) is 0.400. The van der Waals surface area contributed by atoms with Crippen molar-refractivity contribution in [2.24, 2.45) is 0 Å². The molecule has 0 N–H and O–H groups in total. The lowest BCUT2D eigenvalue weighted by atomic mass is 10.3. The lowest BCUT2D eigenvalue weighted by Crippen LogP contribution is -1.97. The highest BCUT2D eigenvalue weighted by Gasteiger charge is 1.93. The first-order chi connectivity index (χ1) is 6.36. The van der Waals surface area contributed by atoms with Crippen LogP contribution in [0.25, 0.3) is 0 Å². The third-order valence-corrected chi connectivity index (χ3v) is 2.69. The molecule has 0 spiro atoms. The molecule has 1 rings (SSSR count). The molecule has 13 heavy (non-hydrogen) atoms. The van der Waals surface area contributed by atoms with Gasteiger partial charge in [-0.2, -0.15) is 12.6 Å². The zero-order valence-electron chi connectivity index (χ0n) is 7.69. The Balaban J connectivity index is 2.40.